The molecule has 1 heterocycles. The molecule has 2 aliphatic rings. The molecule has 1 saturated carbocycles. The zero-order valence-corrected chi connectivity index (χ0v) is 12.0. The summed E-state index contributed by atoms with van der Waals surface area (Å²) in [6.45, 7) is 2.34. The Morgan fingerprint density at radius 1 is 1.16 bits per heavy atom. The Bertz CT molecular complexity index is 390. The van der Waals surface area contributed by atoms with E-state index in [-0.39, 0.29) is 0 Å². The topological polar surface area (TPSA) is 15.3 Å². The second-order valence-electron chi connectivity index (χ2n) is 6.12. The molecule has 1 saturated heterocycles. The van der Waals surface area contributed by atoms with Crippen molar-refractivity contribution < 1.29 is 0 Å². The molecule has 104 valence electrons. The van der Waals surface area contributed by atoms with Gasteiger partial charge < -0.3 is 5.32 Å². The smallest absolute Gasteiger partial charge is 0.0475 e. The van der Waals surface area contributed by atoms with Gasteiger partial charge in [-0.3, -0.25) is 4.90 Å². The second-order valence-corrected chi connectivity index (χ2v) is 6.12. The van der Waals surface area contributed by atoms with Crippen LogP contribution in [0.25, 0.3) is 0 Å². The van der Waals surface area contributed by atoms with Gasteiger partial charge in [0.15, 0.2) is 0 Å². The van der Waals surface area contributed by atoms with Gasteiger partial charge in [0.2, 0.25) is 0 Å². The molecular weight excluding hydrogens is 232 g/mol. The second kappa shape index (κ2) is 6.06. The van der Waals surface area contributed by atoms with Gasteiger partial charge in [-0.05, 0) is 50.8 Å². The Hall–Kier alpha value is -0.860. The first-order valence-corrected chi connectivity index (χ1v) is 7.85. The molecule has 1 aliphatic carbocycles. The molecule has 0 spiro atoms. The van der Waals surface area contributed by atoms with Crippen molar-refractivity contribution in [3.8, 4) is 0 Å². The highest BCUT2D eigenvalue weighted by atomic mass is 15.2. The third kappa shape index (κ3) is 2.70. The summed E-state index contributed by atoms with van der Waals surface area (Å²) in [5.74, 6) is 0.969. The van der Waals surface area contributed by atoms with Crippen LogP contribution in [0.3, 0.4) is 0 Å². The summed E-state index contributed by atoms with van der Waals surface area (Å²) in [7, 11) is 2.08. The van der Waals surface area contributed by atoms with Crippen LogP contribution in [0.15, 0.2) is 30.3 Å². The van der Waals surface area contributed by atoms with Gasteiger partial charge in [-0.2, -0.15) is 0 Å². The van der Waals surface area contributed by atoms with E-state index in [9.17, 15) is 0 Å². The van der Waals surface area contributed by atoms with Crippen molar-refractivity contribution in [2.45, 2.75) is 44.2 Å². The van der Waals surface area contributed by atoms with Gasteiger partial charge in [-0.1, -0.05) is 36.8 Å². The van der Waals surface area contributed by atoms with Gasteiger partial charge in [-0.25, -0.2) is 0 Å². The normalized spacial score (nSPS) is 29.1. The minimum absolute atomic E-state index is 0.553. The fourth-order valence-electron chi connectivity index (χ4n) is 4.17. The SMILES string of the molecule is CNCC(c1ccccc1)N1CCCC2CCCC21. The molecular formula is C17H26N2. The third-order valence-electron chi connectivity index (χ3n) is 5.02. The van der Waals surface area contributed by atoms with E-state index in [0.717, 1.165) is 18.5 Å². The van der Waals surface area contributed by atoms with Crippen molar-refractivity contribution in [1.82, 2.24) is 10.2 Å². The Balaban J connectivity index is 1.83. The van der Waals surface area contributed by atoms with E-state index in [1.807, 2.05) is 0 Å². The highest BCUT2D eigenvalue weighted by Gasteiger charge is 2.38. The van der Waals surface area contributed by atoms with E-state index in [1.165, 1.54) is 44.2 Å². The molecule has 0 radical (unpaired) electrons. The minimum Gasteiger partial charge on any atom is -0.318 e. The molecule has 0 bridgehead atoms. The van der Waals surface area contributed by atoms with Crippen LogP contribution in [-0.2, 0) is 0 Å². The maximum Gasteiger partial charge on any atom is 0.0475 e. The molecule has 3 atom stereocenters. The lowest BCUT2D eigenvalue weighted by Crippen LogP contribution is -2.47. The fraction of sp³-hybridized carbons (Fsp3) is 0.647. The van der Waals surface area contributed by atoms with Crippen molar-refractivity contribution >= 4 is 0 Å². The maximum atomic E-state index is 3.40. The van der Waals surface area contributed by atoms with Crippen LogP contribution < -0.4 is 5.32 Å². The van der Waals surface area contributed by atoms with Crippen LogP contribution in [0.5, 0.6) is 0 Å². The molecule has 1 aromatic rings. The van der Waals surface area contributed by atoms with E-state index >= 15 is 0 Å². The molecule has 3 unspecified atom stereocenters. The van der Waals surface area contributed by atoms with Crippen molar-refractivity contribution in [3.63, 3.8) is 0 Å². The van der Waals surface area contributed by atoms with Crippen LogP contribution in [0.1, 0.15) is 43.7 Å². The molecule has 19 heavy (non-hydrogen) atoms. The Morgan fingerprint density at radius 3 is 2.74 bits per heavy atom. The molecule has 1 aromatic carbocycles. The molecule has 0 amide bonds. The predicted molar refractivity (Wildman–Crippen MR) is 80.2 cm³/mol. The van der Waals surface area contributed by atoms with E-state index in [0.29, 0.717) is 6.04 Å². The average molecular weight is 258 g/mol. The lowest BCUT2D eigenvalue weighted by Gasteiger charge is -2.43. The third-order valence-corrected chi connectivity index (χ3v) is 5.02. The lowest BCUT2D eigenvalue weighted by molar-refractivity contribution is 0.0671. The van der Waals surface area contributed by atoms with Crippen molar-refractivity contribution in [3.05, 3.63) is 35.9 Å². The lowest BCUT2D eigenvalue weighted by atomic mass is 9.89. The van der Waals surface area contributed by atoms with E-state index in [1.54, 1.807) is 0 Å². The number of hydrogen-bond donors (Lipinski definition) is 1. The summed E-state index contributed by atoms with van der Waals surface area (Å²) in [6, 6.07) is 12.4. The number of likely N-dealkylation sites (N-methyl/N-ethyl adjacent to an activating group) is 1. The summed E-state index contributed by atoms with van der Waals surface area (Å²) in [5.41, 5.74) is 1.48. The molecule has 3 rings (SSSR count). The predicted octanol–water partition coefficient (Wildman–Crippen LogP) is 3.21. The zero-order chi connectivity index (χ0) is 13.1. The van der Waals surface area contributed by atoms with Crippen LogP contribution in [0.4, 0.5) is 0 Å². The van der Waals surface area contributed by atoms with Gasteiger partial charge in [-0.15, -0.1) is 0 Å². The summed E-state index contributed by atoms with van der Waals surface area (Å²) in [6.07, 6.45) is 7.16. The number of fused-ring (bicyclic) bond motifs is 1. The fourth-order valence-corrected chi connectivity index (χ4v) is 4.17. The molecule has 0 aromatic heterocycles. The first-order valence-electron chi connectivity index (χ1n) is 7.85. The van der Waals surface area contributed by atoms with Crippen LogP contribution in [0.2, 0.25) is 0 Å². The van der Waals surface area contributed by atoms with Crippen molar-refractivity contribution in [1.29, 1.82) is 0 Å². The maximum absolute atomic E-state index is 3.40. The molecule has 2 nitrogen and oxygen atoms in total. The average Bonchev–Trinajstić information content (AvgIpc) is 2.94. The van der Waals surface area contributed by atoms with E-state index < -0.39 is 0 Å². The number of likely N-dealkylation sites (tertiary alicyclic amines) is 1. The molecule has 2 fully saturated rings. The standard InChI is InChI=1S/C17H26N2/c1-18-13-17(15-7-3-2-4-8-15)19-12-6-10-14-9-5-11-16(14)19/h2-4,7-8,14,16-18H,5-6,9-13H2,1H3. The Kier molecular flexibility index (Phi) is 4.19. The summed E-state index contributed by atoms with van der Waals surface area (Å²) in [4.78, 5) is 2.80. The first-order chi connectivity index (χ1) is 9.40. The Labute approximate surface area is 117 Å². The van der Waals surface area contributed by atoms with E-state index in [4.69, 9.17) is 0 Å². The summed E-state index contributed by atoms with van der Waals surface area (Å²) < 4.78 is 0. The van der Waals surface area contributed by atoms with Crippen LogP contribution in [-0.4, -0.2) is 31.1 Å². The number of benzene rings is 1. The number of hydrogen-bond acceptors (Lipinski definition) is 2. The van der Waals surface area contributed by atoms with Crippen LogP contribution >= 0.6 is 0 Å². The largest absolute Gasteiger partial charge is 0.318 e. The zero-order valence-electron chi connectivity index (χ0n) is 12.0. The number of piperidine rings is 1. The number of nitrogens with one attached hydrogen (secondary N) is 1. The minimum atomic E-state index is 0.553. The quantitative estimate of drug-likeness (QED) is 0.892. The van der Waals surface area contributed by atoms with E-state index in [2.05, 4.69) is 47.6 Å². The Morgan fingerprint density at radius 2 is 1.95 bits per heavy atom. The van der Waals surface area contributed by atoms with Gasteiger partial charge in [0, 0.05) is 18.6 Å². The summed E-state index contributed by atoms with van der Waals surface area (Å²) >= 11 is 0. The summed E-state index contributed by atoms with van der Waals surface area (Å²) in [5, 5.41) is 3.40. The van der Waals surface area contributed by atoms with Gasteiger partial charge >= 0.3 is 0 Å². The van der Waals surface area contributed by atoms with Crippen LogP contribution in [0, 0.1) is 5.92 Å². The number of rotatable bonds is 4. The van der Waals surface area contributed by atoms with Gasteiger partial charge in [0.05, 0.1) is 0 Å². The van der Waals surface area contributed by atoms with Crippen molar-refractivity contribution in [2.75, 3.05) is 20.1 Å². The van der Waals surface area contributed by atoms with Crippen molar-refractivity contribution in [2.24, 2.45) is 5.92 Å². The highest BCUT2D eigenvalue weighted by molar-refractivity contribution is 5.20. The highest BCUT2D eigenvalue weighted by Crippen LogP contribution is 2.40. The van der Waals surface area contributed by atoms with Gasteiger partial charge in [0.25, 0.3) is 0 Å². The molecule has 1 aliphatic heterocycles. The number of nitrogens with zero attached hydrogens (tertiary/aromatic N) is 1. The van der Waals surface area contributed by atoms with Gasteiger partial charge in [0.1, 0.15) is 0 Å². The molecule has 2 heteroatoms. The molecule has 1 N–H and O–H groups in total. The first kappa shape index (κ1) is 13.1. The monoisotopic (exact) mass is 258 g/mol.